The van der Waals surface area contributed by atoms with Crippen LogP contribution in [0.25, 0.3) is 0 Å². The van der Waals surface area contributed by atoms with Gasteiger partial charge in [-0.1, -0.05) is 41.4 Å². The van der Waals surface area contributed by atoms with Crippen LogP contribution in [-0.2, 0) is 4.79 Å². The van der Waals surface area contributed by atoms with Gasteiger partial charge in [-0.2, -0.15) is 0 Å². The maximum Gasteiger partial charge on any atom is 0.262 e. The SMILES string of the molecule is C=C(CCCNC(=O)c1cc(NC(=O)C2C(c3cc(Cl)cc(Cl)c3)C2(Cl)Cl)ccc1Cl)NCC(C)(F)F. The molecule has 0 aromatic heterocycles. The highest BCUT2D eigenvalue weighted by molar-refractivity contribution is 6.53. The van der Waals surface area contributed by atoms with Gasteiger partial charge in [0, 0.05) is 40.8 Å². The molecular weight excluding hydrogens is 590 g/mol. The second-order valence-electron chi connectivity index (χ2n) is 8.90. The number of hydrogen-bond acceptors (Lipinski definition) is 3. The number of hydrogen-bond donors (Lipinski definition) is 3. The van der Waals surface area contributed by atoms with E-state index in [9.17, 15) is 18.4 Å². The molecule has 0 bridgehead atoms. The monoisotopic (exact) mass is 611 g/mol. The fourth-order valence-electron chi connectivity index (χ4n) is 3.79. The zero-order valence-corrected chi connectivity index (χ0v) is 23.4. The number of halogens is 7. The zero-order chi connectivity index (χ0) is 27.5. The summed E-state index contributed by atoms with van der Waals surface area (Å²) < 4.78 is 24.5. The van der Waals surface area contributed by atoms with Crippen molar-refractivity contribution in [3.05, 3.63) is 74.9 Å². The molecule has 12 heteroatoms. The summed E-state index contributed by atoms with van der Waals surface area (Å²) in [6, 6.07) is 9.35. The van der Waals surface area contributed by atoms with Crippen molar-refractivity contribution in [3.8, 4) is 0 Å². The third-order valence-electron chi connectivity index (χ3n) is 5.65. The Morgan fingerprint density at radius 1 is 1.05 bits per heavy atom. The lowest BCUT2D eigenvalue weighted by Gasteiger charge is -2.14. The first-order valence-electron chi connectivity index (χ1n) is 11.2. The van der Waals surface area contributed by atoms with Gasteiger partial charge in [-0.15, -0.1) is 23.2 Å². The van der Waals surface area contributed by atoms with Gasteiger partial charge in [0.15, 0.2) is 0 Å². The van der Waals surface area contributed by atoms with Crippen LogP contribution in [-0.4, -0.2) is 35.2 Å². The van der Waals surface area contributed by atoms with Gasteiger partial charge in [-0.3, -0.25) is 9.59 Å². The summed E-state index contributed by atoms with van der Waals surface area (Å²) in [5.74, 6) is -5.03. The van der Waals surface area contributed by atoms with E-state index in [2.05, 4.69) is 22.5 Å². The molecule has 1 aliphatic rings. The van der Waals surface area contributed by atoms with Crippen molar-refractivity contribution in [2.24, 2.45) is 5.92 Å². The Balaban J connectivity index is 1.57. The van der Waals surface area contributed by atoms with Crippen LogP contribution < -0.4 is 16.0 Å². The van der Waals surface area contributed by atoms with Crippen LogP contribution in [0.4, 0.5) is 14.5 Å². The maximum atomic E-state index is 13.0. The molecule has 200 valence electrons. The number of allylic oxidation sites excluding steroid dienone is 1. The first-order chi connectivity index (χ1) is 17.2. The average Bonchev–Trinajstić information content (AvgIpc) is 3.37. The second-order valence-corrected chi connectivity index (χ2v) is 11.6. The lowest BCUT2D eigenvalue weighted by molar-refractivity contribution is -0.117. The van der Waals surface area contributed by atoms with Gasteiger partial charge < -0.3 is 16.0 Å². The summed E-state index contributed by atoms with van der Waals surface area (Å²) >= 11 is 31.1. The van der Waals surface area contributed by atoms with E-state index in [1.807, 2.05) is 0 Å². The van der Waals surface area contributed by atoms with E-state index in [4.69, 9.17) is 58.0 Å². The molecule has 0 radical (unpaired) electrons. The number of carbonyl (C=O) groups is 2. The Kier molecular flexibility index (Phi) is 9.62. The Bertz CT molecular complexity index is 1180. The van der Waals surface area contributed by atoms with Crippen LogP contribution in [0.2, 0.25) is 15.1 Å². The fraction of sp³-hybridized carbons (Fsp3) is 0.360. The molecule has 3 rings (SSSR count). The van der Waals surface area contributed by atoms with Crippen molar-refractivity contribution in [2.75, 3.05) is 18.4 Å². The summed E-state index contributed by atoms with van der Waals surface area (Å²) in [4.78, 5) is 25.6. The number of rotatable bonds is 11. The van der Waals surface area contributed by atoms with Crippen molar-refractivity contribution >= 4 is 75.5 Å². The topological polar surface area (TPSA) is 70.2 Å². The molecule has 5 nitrogen and oxygen atoms in total. The quantitative estimate of drug-likeness (QED) is 0.182. The molecule has 2 unspecified atom stereocenters. The number of amides is 2. The van der Waals surface area contributed by atoms with Gasteiger partial charge in [0.1, 0.15) is 4.33 Å². The summed E-state index contributed by atoms with van der Waals surface area (Å²) in [5.41, 5.74) is 1.57. The third-order valence-corrected chi connectivity index (χ3v) is 7.35. The van der Waals surface area contributed by atoms with Crippen LogP contribution in [0, 0.1) is 5.92 Å². The molecule has 0 spiro atoms. The van der Waals surface area contributed by atoms with E-state index in [0.717, 1.165) is 6.92 Å². The number of nitrogens with one attached hydrogen (secondary N) is 3. The minimum Gasteiger partial charge on any atom is -0.383 e. The highest BCUT2D eigenvalue weighted by atomic mass is 35.5. The van der Waals surface area contributed by atoms with E-state index in [-0.39, 0.29) is 17.1 Å². The Morgan fingerprint density at radius 2 is 1.70 bits per heavy atom. The van der Waals surface area contributed by atoms with E-state index in [1.165, 1.54) is 12.1 Å². The molecule has 1 fully saturated rings. The van der Waals surface area contributed by atoms with E-state index < -0.39 is 40.5 Å². The molecule has 0 heterocycles. The minimum atomic E-state index is -2.84. The van der Waals surface area contributed by atoms with Crippen molar-refractivity contribution in [3.63, 3.8) is 0 Å². The van der Waals surface area contributed by atoms with Crippen LogP contribution in [0.15, 0.2) is 48.7 Å². The first kappa shape index (κ1) is 29.8. The van der Waals surface area contributed by atoms with Crippen molar-refractivity contribution in [1.82, 2.24) is 10.6 Å². The summed E-state index contributed by atoms with van der Waals surface area (Å²) in [6.07, 6.45) is 0.879. The van der Waals surface area contributed by atoms with Crippen molar-refractivity contribution in [2.45, 2.75) is 35.9 Å². The molecule has 37 heavy (non-hydrogen) atoms. The van der Waals surface area contributed by atoms with Gasteiger partial charge in [-0.25, -0.2) is 8.78 Å². The maximum absolute atomic E-state index is 13.0. The van der Waals surface area contributed by atoms with Crippen LogP contribution in [0.3, 0.4) is 0 Å². The normalized spacial score (nSPS) is 18.2. The van der Waals surface area contributed by atoms with Crippen molar-refractivity contribution in [1.29, 1.82) is 0 Å². The van der Waals surface area contributed by atoms with E-state index in [0.29, 0.717) is 39.8 Å². The van der Waals surface area contributed by atoms with Gasteiger partial charge in [-0.05, 0) is 54.8 Å². The fourth-order valence-corrected chi connectivity index (χ4v) is 5.36. The number of anilines is 1. The lowest BCUT2D eigenvalue weighted by Crippen LogP contribution is -2.29. The van der Waals surface area contributed by atoms with Gasteiger partial charge in [0.05, 0.1) is 23.0 Å². The predicted molar refractivity (Wildman–Crippen MR) is 147 cm³/mol. The van der Waals surface area contributed by atoms with E-state index in [1.54, 1.807) is 24.3 Å². The smallest absolute Gasteiger partial charge is 0.262 e. The highest BCUT2D eigenvalue weighted by Gasteiger charge is 2.67. The molecule has 0 saturated heterocycles. The van der Waals surface area contributed by atoms with Gasteiger partial charge >= 0.3 is 0 Å². The van der Waals surface area contributed by atoms with E-state index >= 15 is 0 Å². The molecular formula is C25H24Cl5F2N3O2. The molecule has 1 saturated carbocycles. The largest absolute Gasteiger partial charge is 0.383 e. The Labute approximate surface area is 238 Å². The summed E-state index contributed by atoms with van der Waals surface area (Å²) in [5, 5.41) is 8.99. The number of carbonyl (C=O) groups excluding carboxylic acids is 2. The third kappa shape index (κ3) is 8.11. The molecule has 3 N–H and O–H groups in total. The summed E-state index contributed by atoms with van der Waals surface area (Å²) in [6.45, 7) is 4.27. The molecule has 2 amide bonds. The average molecular weight is 614 g/mol. The zero-order valence-electron chi connectivity index (χ0n) is 19.6. The molecule has 0 aliphatic heterocycles. The molecule has 1 aliphatic carbocycles. The van der Waals surface area contributed by atoms with Crippen LogP contribution in [0.5, 0.6) is 0 Å². The second kappa shape index (κ2) is 12.0. The number of benzene rings is 2. The Hall–Kier alpha value is -1.77. The van der Waals surface area contributed by atoms with Gasteiger partial charge in [0.2, 0.25) is 5.91 Å². The lowest BCUT2D eigenvalue weighted by atomic mass is 10.1. The van der Waals surface area contributed by atoms with Crippen molar-refractivity contribution < 1.29 is 18.4 Å². The minimum absolute atomic E-state index is 0.152. The van der Waals surface area contributed by atoms with Crippen LogP contribution >= 0.6 is 58.0 Å². The molecule has 2 aromatic rings. The van der Waals surface area contributed by atoms with Gasteiger partial charge in [0.25, 0.3) is 11.8 Å². The van der Waals surface area contributed by atoms with Crippen LogP contribution in [0.1, 0.15) is 41.6 Å². The molecule has 2 aromatic carbocycles. The predicted octanol–water partition coefficient (Wildman–Crippen LogP) is 7.44. The number of alkyl halides is 4. The first-order valence-corrected chi connectivity index (χ1v) is 13.1. The molecule has 2 atom stereocenters. The summed E-state index contributed by atoms with van der Waals surface area (Å²) in [7, 11) is 0. The standard InChI is InChI=1S/C25H24Cl5F2N3O2/c1-13(34-12-24(2,31)32)4-3-7-33-22(36)18-11-17(5-6-19(18)28)35-23(37)21-20(25(21,29)30)14-8-15(26)10-16(27)9-14/h5-6,8-11,20-21,34H,1,3-4,7,12H2,2H3,(H,33,36)(H,35,37). The highest BCUT2D eigenvalue weighted by Crippen LogP contribution is 2.65. The Morgan fingerprint density at radius 3 is 2.32 bits per heavy atom.